The van der Waals surface area contributed by atoms with Gasteiger partial charge in [0, 0.05) is 54.4 Å². The molecule has 7 heteroatoms. The molecular formula is C20H21ClN2O3S. The normalized spacial score (nSPS) is 26.2. The van der Waals surface area contributed by atoms with Crippen LogP contribution in [0.2, 0.25) is 5.02 Å². The summed E-state index contributed by atoms with van der Waals surface area (Å²) < 4.78 is 12.8. The fourth-order valence-corrected chi connectivity index (χ4v) is 5.50. The van der Waals surface area contributed by atoms with Gasteiger partial charge in [-0.2, -0.15) is 0 Å². The molecule has 27 heavy (non-hydrogen) atoms. The fraction of sp³-hybridized carbons (Fsp3) is 0.500. The van der Waals surface area contributed by atoms with Crippen molar-refractivity contribution >= 4 is 28.8 Å². The minimum Gasteiger partial charge on any atom is -0.486 e. The number of ether oxygens (including phenoxy) is 2. The quantitative estimate of drug-likeness (QED) is 0.709. The minimum atomic E-state index is -0.273. The van der Waals surface area contributed by atoms with Gasteiger partial charge in [0.1, 0.15) is 17.0 Å². The van der Waals surface area contributed by atoms with Crippen molar-refractivity contribution in [3.05, 3.63) is 45.4 Å². The Labute approximate surface area is 167 Å². The number of rotatable bonds is 1. The number of piperidine rings is 1. The van der Waals surface area contributed by atoms with Gasteiger partial charge in [-0.3, -0.25) is 4.79 Å². The van der Waals surface area contributed by atoms with Crippen LogP contribution in [0.1, 0.15) is 47.8 Å². The van der Waals surface area contributed by atoms with Crippen molar-refractivity contribution in [1.82, 2.24) is 9.88 Å². The Hall–Kier alpha value is -1.63. The molecule has 3 aliphatic rings. The second-order valence-electron chi connectivity index (χ2n) is 7.55. The standard InChI is InChI=1S/C20H21ClN2O3S/c21-13-3-4-17-14(10-13)18-15(2-1-9-25-18)20(26-17)5-7-23(8-6-20)19(24)16-11-27-12-22-16/h3-4,10-12,15,18H,1-2,5-9H2/t15-,18+/m0/s1. The van der Waals surface area contributed by atoms with Crippen molar-refractivity contribution in [3.63, 3.8) is 0 Å². The van der Waals surface area contributed by atoms with Crippen LogP contribution in [0.3, 0.4) is 0 Å². The van der Waals surface area contributed by atoms with Gasteiger partial charge in [0.2, 0.25) is 0 Å². The monoisotopic (exact) mass is 404 g/mol. The molecule has 1 aromatic carbocycles. The predicted octanol–water partition coefficient (Wildman–Crippen LogP) is 4.33. The first kappa shape index (κ1) is 17.5. The summed E-state index contributed by atoms with van der Waals surface area (Å²) in [5.41, 5.74) is 3.04. The predicted molar refractivity (Wildman–Crippen MR) is 103 cm³/mol. The van der Waals surface area contributed by atoms with E-state index in [-0.39, 0.29) is 17.6 Å². The Morgan fingerprint density at radius 1 is 1.33 bits per heavy atom. The highest BCUT2D eigenvalue weighted by Gasteiger charge is 2.52. The van der Waals surface area contributed by atoms with Crippen LogP contribution in [0, 0.1) is 5.92 Å². The number of hydrogen-bond acceptors (Lipinski definition) is 5. The van der Waals surface area contributed by atoms with E-state index in [1.807, 2.05) is 28.5 Å². The third-order valence-corrected chi connectivity index (χ3v) is 6.96. The summed E-state index contributed by atoms with van der Waals surface area (Å²) in [6.07, 6.45) is 3.78. The first-order valence-corrected chi connectivity index (χ1v) is 10.8. The van der Waals surface area contributed by atoms with Crippen molar-refractivity contribution < 1.29 is 14.3 Å². The third-order valence-electron chi connectivity index (χ3n) is 6.14. The van der Waals surface area contributed by atoms with Gasteiger partial charge < -0.3 is 14.4 Å². The number of likely N-dealkylation sites (tertiary alicyclic amines) is 1. The molecule has 0 radical (unpaired) electrons. The maximum atomic E-state index is 12.6. The van der Waals surface area contributed by atoms with Gasteiger partial charge in [0.15, 0.2) is 0 Å². The van der Waals surface area contributed by atoms with Crippen molar-refractivity contribution in [2.75, 3.05) is 19.7 Å². The smallest absolute Gasteiger partial charge is 0.273 e. The maximum Gasteiger partial charge on any atom is 0.273 e. The molecule has 0 unspecified atom stereocenters. The third kappa shape index (κ3) is 2.94. The van der Waals surface area contributed by atoms with E-state index < -0.39 is 0 Å². The van der Waals surface area contributed by atoms with Gasteiger partial charge in [-0.15, -0.1) is 11.3 Å². The second kappa shape index (κ2) is 6.76. The number of carbonyl (C=O) groups excluding carboxylic acids is 1. The summed E-state index contributed by atoms with van der Waals surface area (Å²) in [6.45, 7) is 2.14. The van der Waals surface area contributed by atoms with E-state index in [1.54, 1.807) is 5.51 Å². The molecule has 3 aliphatic heterocycles. The molecule has 5 rings (SSSR count). The van der Waals surface area contributed by atoms with Gasteiger partial charge >= 0.3 is 0 Å². The number of thiazole rings is 1. The molecule has 0 aliphatic carbocycles. The summed E-state index contributed by atoms with van der Waals surface area (Å²) in [6, 6.07) is 5.81. The molecule has 4 heterocycles. The van der Waals surface area contributed by atoms with Crippen molar-refractivity contribution in [3.8, 4) is 5.75 Å². The molecule has 2 aromatic rings. The Morgan fingerprint density at radius 3 is 2.96 bits per heavy atom. The van der Waals surface area contributed by atoms with Crippen molar-refractivity contribution in [2.45, 2.75) is 37.4 Å². The molecule has 1 amide bonds. The highest BCUT2D eigenvalue weighted by molar-refractivity contribution is 7.07. The molecule has 0 saturated carbocycles. The van der Waals surface area contributed by atoms with E-state index in [0.29, 0.717) is 29.7 Å². The lowest BCUT2D eigenvalue weighted by Gasteiger charge is -2.53. The molecule has 0 bridgehead atoms. The zero-order valence-corrected chi connectivity index (χ0v) is 16.5. The molecule has 1 spiro atoms. The Balaban J connectivity index is 1.41. The summed E-state index contributed by atoms with van der Waals surface area (Å²) in [5.74, 6) is 1.20. The van der Waals surface area contributed by atoms with Crippen molar-refractivity contribution in [1.29, 1.82) is 0 Å². The van der Waals surface area contributed by atoms with Crippen LogP contribution < -0.4 is 4.74 Å². The maximum absolute atomic E-state index is 12.6. The number of carbonyl (C=O) groups is 1. The lowest BCUT2D eigenvalue weighted by molar-refractivity contribution is -0.147. The van der Waals surface area contributed by atoms with Crippen LogP contribution in [0.15, 0.2) is 29.1 Å². The molecule has 2 fully saturated rings. The molecule has 5 nitrogen and oxygen atoms in total. The van der Waals surface area contributed by atoms with Crippen LogP contribution >= 0.6 is 22.9 Å². The number of fused-ring (bicyclic) bond motifs is 4. The average molecular weight is 405 g/mol. The van der Waals surface area contributed by atoms with E-state index in [0.717, 1.165) is 43.6 Å². The first-order chi connectivity index (χ1) is 13.2. The largest absolute Gasteiger partial charge is 0.486 e. The highest BCUT2D eigenvalue weighted by atomic mass is 35.5. The van der Waals surface area contributed by atoms with E-state index in [1.165, 1.54) is 11.3 Å². The Kier molecular flexibility index (Phi) is 4.37. The topological polar surface area (TPSA) is 51.7 Å². The van der Waals surface area contributed by atoms with Crippen molar-refractivity contribution in [2.24, 2.45) is 5.92 Å². The number of benzene rings is 1. The Morgan fingerprint density at radius 2 is 2.19 bits per heavy atom. The number of aromatic nitrogens is 1. The summed E-state index contributed by atoms with van der Waals surface area (Å²) in [7, 11) is 0. The number of hydrogen-bond donors (Lipinski definition) is 0. The van der Waals surface area contributed by atoms with E-state index >= 15 is 0 Å². The van der Waals surface area contributed by atoms with Gasteiger partial charge in [0.25, 0.3) is 5.91 Å². The van der Waals surface area contributed by atoms with E-state index in [2.05, 4.69) is 4.98 Å². The van der Waals surface area contributed by atoms with Gasteiger partial charge in [-0.05, 0) is 31.0 Å². The second-order valence-corrected chi connectivity index (χ2v) is 8.71. The summed E-state index contributed by atoms with van der Waals surface area (Å²) >= 11 is 7.68. The first-order valence-electron chi connectivity index (χ1n) is 9.44. The van der Waals surface area contributed by atoms with Crippen LogP contribution in [0.4, 0.5) is 0 Å². The van der Waals surface area contributed by atoms with Gasteiger partial charge in [-0.25, -0.2) is 4.98 Å². The summed E-state index contributed by atoms with van der Waals surface area (Å²) in [4.78, 5) is 18.7. The molecule has 1 aromatic heterocycles. The fourth-order valence-electron chi connectivity index (χ4n) is 4.80. The zero-order chi connectivity index (χ0) is 18.4. The van der Waals surface area contributed by atoms with Crippen LogP contribution in [0.25, 0.3) is 0 Å². The number of amides is 1. The molecular weight excluding hydrogens is 384 g/mol. The number of halogens is 1. The Bertz CT molecular complexity index is 849. The average Bonchev–Trinajstić information content (AvgIpc) is 3.24. The number of nitrogens with zero attached hydrogens (tertiary/aromatic N) is 2. The van der Waals surface area contributed by atoms with Crippen LogP contribution in [-0.4, -0.2) is 41.1 Å². The van der Waals surface area contributed by atoms with Gasteiger partial charge in [0.05, 0.1) is 11.6 Å². The van der Waals surface area contributed by atoms with E-state index in [4.69, 9.17) is 21.1 Å². The molecule has 2 saturated heterocycles. The van der Waals surface area contributed by atoms with Crippen LogP contribution in [0.5, 0.6) is 5.75 Å². The molecule has 142 valence electrons. The lowest BCUT2D eigenvalue weighted by Crippen LogP contribution is -2.57. The minimum absolute atomic E-state index is 0.0190. The molecule has 2 atom stereocenters. The molecule has 0 N–H and O–H groups in total. The van der Waals surface area contributed by atoms with E-state index in [9.17, 15) is 4.79 Å². The zero-order valence-electron chi connectivity index (χ0n) is 14.9. The van der Waals surface area contributed by atoms with Gasteiger partial charge in [-0.1, -0.05) is 11.6 Å². The van der Waals surface area contributed by atoms with Crippen LogP contribution in [-0.2, 0) is 4.74 Å². The lowest BCUT2D eigenvalue weighted by atomic mass is 9.70. The SMILES string of the molecule is O=C(c1cscn1)N1CCC2(CC1)Oc1ccc(Cl)cc1[C@H]1OCCC[C@@H]12. The summed E-state index contributed by atoms with van der Waals surface area (Å²) in [5, 5.41) is 2.53. The highest BCUT2D eigenvalue weighted by Crippen LogP contribution is 2.53.